The molecule has 116 valence electrons. The first-order chi connectivity index (χ1) is 8.77. The van der Waals surface area contributed by atoms with E-state index in [2.05, 4.69) is 31.1 Å². The smallest absolute Gasteiger partial charge is 0.228 e. The zero-order valence-electron chi connectivity index (χ0n) is 12.0. The summed E-state index contributed by atoms with van der Waals surface area (Å²) >= 11 is 30.1. The molecule has 1 rings (SSSR count). The molecular formula is C12H18Cl5N3. The lowest BCUT2D eigenvalue weighted by Crippen LogP contribution is -2.31. The summed E-state index contributed by atoms with van der Waals surface area (Å²) in [5, 5.41) is 8.16. The molecule has 0 fully saturated rings. The lowest BCUT2D eigenvalue weighted by Gasteiger charge is -2.28. The Balaban J connectivity index is 3.42. The fraction of sp³-hybridized carbons (Fsp3) is 0.833. The minimum Gasteiger partial charge on any atom is -0.246 e. The molecule has 0 unspecified atom stereocenters. The zero-order valence-corrected chi connectivity index (χ0v) is 15.8. The lowest BCUT2D eigenvalue weighted by atomic mass is 9.89. The Kier molecular flexibility index (Phi) is 5.59. The molecule has 0 amide bonds. The van der Waals surface area contributed by atoms with Crippen molar-refractivity contribution in [1.82, 2.24) is 15.0 Å². The Morgan fingerprint density at radius 2 is 1.55 bits per heavy atom. The van der Waals surface area contributed by atoms with Gasteiger partial charge in [0.25, 0.3) is 0 Å². The molecule has 0 aliphatic rings. The number of rotatable bonds is 3. The first kappa shape index (κ1) is 18.6. The molecule has 1 aromatic rings. The van der Waals surface area contributed by atoms with Gasteiger partial charge in [0.15, 0.2) is 0 Å². The van der Waals surface area contributed by atoms with Crippen LogP contribution in [-0.4, -0.2) is 18.8 Å². The van der Waals surface area contributed by atoms with Crippen molar-refractivity contribution in [3.8, 4) is 0 Å². The predicted octanol–water partition coefficient (Wildman–Crippen LogP) is 5.45. The molecule has 0 spiro atoms. The van der Waals surface area contributed by atoms with Gasteiger partial charge in [-0.05, 0) is 25.7 Å². The molecule has 0 aliphatic heterocycles. The average Bonchev–Trinajstić information content (AvgIpc) is 2.56. The summed E-state index contributed by atoms with van der Waals surface area (Å²) in [6.45, 7) is 10.3. The van der Waals surface area contributed by atoms with Crippen LogP contribution in [-0.2, 0) is 10.8 Å². The van der Waals surface area contributed by atoms with Crippen LogP contribution in [0.15, 0.2) is 0 Å². The number of alkyl halides is 5. The summed E-state index contributed by atoms with van der Waals surface area (Å²) in [4.78, 5) is 0. The van der Waals surface area contributed by atoms with E-state index >= 15 is 0 Å². The van der Waals surface area contributed by atoms with Crippen LogP contribution in [0.2, 0.25) is 0 Å². The maximum atomic E-state index is 6.24. The van der Waals surface area contributed by atoms with Crippen LogP contribution in [0.4, 0.5) is 0 Å². The maximum absolute atomic E-state index is 6.24. The minimum absolute atomic E-state index is 0.0133. The third-order valence-electron chi connectivity index (χ3n) is 2.63. The van der Waals surface area contributed by atoms with Crippen molar-refractivity contribution in [2.45, 2.75) is 55.2 Å². The summed E-state index contributed by atoms with van der Waals surface area (Å²) in [6.07, 6.45) is 0.662. The molecule has 20 heavy (non-hydrogen) atoms. The summed E-state index contributed by atoms with van der Waals surface area (Å²) in [6, 6.07) is 0.105. The van der Waals surface area contributed by atoms with Crippen LogP contribution in [0, 0.1) is 5.41 Å². The van der Waals surface area contributed by atoms with E-state index in [-0.39, 0.29) is 11.5 Å². The Morgan fingerprint density at radius 1 is 1.05 bits per heavy atom. The van der Waals surface area contributed by atoms with Crippen LogP contribution in [0.5, 0.6) is 0 Å². The predicted molar refractivity (Wildman–Crippen MR) is 87.2 cm³/mol. The fourth-order valence-corrected chi connectivity index (χ4v) is 2.34. The molecule has 0 bridgehead atoms. The number of halogens is 5. The molecule has 0 aliphatic carbocycles. The van der Waals surface area contributed by atoms with Crippen molar-refractivity contribution < 1.29 is 0 Å². The van der Waals surface area contributed by atoms with Crippen LogP contribution in [0.3, 0.4) is 0 Å². The van der Waals surface area contributed by atoms with Gasteiger partial charge in [-0.15, -0.1) is 5.10 Å². The van der Waals surface area contributed by atoms with Crippen molar-refractivity contribution in [1.29, 1.82) is 0 Å². The summed E-state index contributed by atoms with van der Waals surface area (Å²) in [5.74, 6) is 0. The lowest BCUT2D eigenvalue weighted by molar-refractivity contribution is 0.380. The van der Waals surface area contributed by atoms with E-state index in [9.17, 15) is 0 Å². The van der Waals surface area contributed by atoms with Gasteiger partial charge in [0.05, 0.1) is 5.69 Å². The molecule has 1 aromatic heterocycles. The third kappa shape index (κ3) is 4.07. The van der Waals surface area contributed by atoms with E-state index in [1.165, 1.54) is 0 Å². The van der Waals surface area contributed by atoms with Crippen LogP contribution < -0.4 is 0 Å². The molecular weight excluding hydrogens is 363 g/mol. The van der Waals surface area contributed by atoms with Gasteiger partial charge < -0.3 is 0 Å². The van der Waals surface area contributed by atoms with Gasteiger partial charge in [0.2, 0.25) is 8.13 Å². The van der Waals surface area contributed by atoms with E-state index in [0.717, 1.165) is 5.69 Å². The third-order valence-corrected chi connectivity index (χ3v) is 4.99. The van der Waals surface area contributed by atoms with Gasteiger partial charge in [0, 0.05) is 6.04 Å². The van der Waals surface area contributed by atoms with E-state index < -0.39 is 8.13 Å². The van der Waals surface area contributed by atoms with Crippen LogP contribution >= 0.6 is 58.0 Å². The molecule has 1 heterocycles. The number of nitrogens with zero attached hydrogens (tertiary/aromatic N) is 3. The Morgan fingerprint density at radius 3 is 1.90 bits per heavy atom. The first-order valence-corrected chi connectivity index (χ1v) is 8.05. The summed E-state index contributed by atoms with van der Waals surface area (Å²) in [5.41, 5.74) is 1.06. The van der Waals surface area contributed by atoms with Gasteiger partial charge in [-0.2, -0.15) is 0 Å². The van der Waals surface area contributed by atoms with Crippen molar-refractivity contribution in [2.75, 3.05) is 0 Å². The van der Waals surface area contributed by atoms with E-state index in [1.54, 1.807) is 4.68 Å². The van der Waals surface area contributed by atoms with E-state index in [4.69, 9.17) is 58.0 Å². The Labute approximate surface area is 144 Å². The fourth-order valence-electron chi connectivity index (χ4n) is 1.77. The second kappa shape index (κ2) is 6.00. The van der Waals surface area contributed by atoms with E-state index in [0.29, 0.717) is 12.1 Å². The van der Waals surface area contributed by atoms with Crippen molar-refractivity contribution in [3.05, 3.63) is 11.4 Å². The normalized spacial score (nSPS) is 14.2. The molecule has 0 radical (unpaired) electrons. The molecule has 0 saturated carbocycles. The van der Waals surface area contributed by atoms with Crippen molar-refractivity contribution in [3.63, 3.8) is 0 Å². The summed E-state index contributed by atoms with van der Waals surface area (Å²) in [7, 11) is 0. The Bertz CT molecular complexity index is 468. The summed E-state index contributed by atoms with van der Waals surface area (Å²) < 4.78 is -1.90. The Hall–Kier alpha value is 0.590. The molecule has 0 atom stereocenters. The molecule has 0 aromatic carbocycles. The average molecular weight is 382 g/mol. The highest BCUT2D eigenvalue weighted by atomic mass is 35.6. The molecule has 0 saturated heterocycles. The highest BCUT2D eigenvalue weighted by molar-refractivity contribution is 6.75. The van der Waals surface area contributed by atoms with E-state index in [1.807, 2.05) is 13.8 Å². The topological polar surface area (TPSA) is 30.7 Å². The van der Waals surface area contributed by atoms with Gasteiger partial charge in [0.1, 0.15) is 5.69 Å². The van der Waals surface area contributed by atoms with Crippen LogP contribution in [0.25, 0.3) is 0 Å². The number of hydrogen-bond donors (Lipinski definition) is 0. The zero-order chi connectivity index (χ0) is 15.9. The second-order valence-electron chi connectivity index (χ2n) is 6.23. The van der Waals surface area contributed by atoms with Gasteiger partial charge in [-0.25, -0.2) is 4.68 Å². The van der Waals surface area contributed by atoms with Gasteiger partial charge in [-0.3, -0.25) is 0 Å². The molecule has 0 N–H and O–H groups in total. The van der Waals surface area contributed by atoms with Crippen molar-refractivity contribution in [2.24, 2.45) is 5.41 Å². The quantitative estimate of drug-likeness (QED) is 0.652. The number of aromatic nitrogens is 3. The first-order valence-electron chi connectivity index (χ1n) is 6.16. The molecule has 8 heteroatoms. The SMILES string of the molecule is CC(C)n1nnc(C(Cl)(Cl)C(Cl)(Cl)Cl)c1CC(C)(C)C. The number of hydrogen-bond acceptors (Lipinski definition) is 2. The highest BCUT2D eigenvalue weighted by Gasteiger charge is 2.51. The monoisotopic (exact) mass is 379 g/mol. The maximum Gasteiger partial charge on any atom is 0.228 e. The standard InChI is InChI=1S/C12H18Cl5N3/c1-7(2)20-8(6-10(3,4)5)9(18-19-20)11(13,14)12(15,16)17/h7H,6H2,1-5H3. The highest BCUT2D eigenvalue weighted by Crippen LogP contribution is 2.53. The molecule has 3 nitrogen and oxygen atoms in total. The van der Waals surface area contributed by atoms with Crippen molar-refractivity contribution >= 4 is 58.0 Å². The van der Waals surface area contributed by atoms with Crippen LogP contribution in [0.1, 0.15) is 52.0 Å². The van der Waals surface area contributed by atoms with Gasteiger partial charge in [-0.1, -0.05) is 84.0 Å². The van der Waals surface area contributed by atoms with Gasteiger partial charge >= 0.3 is 0 Å². The minimum atomic E-state index is -1.90. The largest absolute Gasteiger partial charge is 0.246 e. The second-order valence-corrected chi connectivity index (χ2v) is 9.84.